The Morgan fingerprint density at radius 3 is 2.40 bits per heavy atom. The minimum absolute atomic E-state index is 0.173. The van der Waals surface area contributed by atoms with E-state index in [-0.39, 0.29) is 18.1 Å². The highest BCUT2D eigenvalue weighted by atomic mass is 79.9. The standard InChI is InChI=1S/C32H33Br2N3O6/c1-8-42-32(39)19(5)43-29-26(41-7)14-20(27(33)28(29)34)16-35-37-30(36-24-12-10-9-11-21(24)31(37)38)23-15-22(17(2)3)25(40-6)13-18(23)4/h9-17,19H,8H2,1-7H3/t19-/m1/s1. The molecule has 43 heavy (non-hydrogen) atoms. The highest BCUT2D eigenvalue weighted by molar-refractivity contribution is 9.13. The molecule has 0 unspecified atom stereocenters. The average Bonchev–Trinajstić information content (AvgIpc) is 2.99. The second-order valence-electron chi connectivity index (χ2n) is 10.0. The van der Waals surface area contributed by atoms with Gasteiger partial charge in [0.25, 0.3) is 5.56 Å². The summed E-state index contributed by atoms with van der Waals surface area (Å²) in [5.74, 6) is 1.51. The maximum absolute atomic E-state index is 13.8. The number of methoxy groups -OCH3 is 2. The molecule has 3 aromatic carbocycles. The zero-order chi connectivity index (χ0) is 31.4. The fraction of sp³-hybridized carbons (Fsp3) is 0.312. The van der Waals surface area contributed by atoms with Crippen LogP contribution in [0, 0.1) is 6.92 Å². The fourth-order valence-corrected chi connectivity index (χ4v) is 5.45. The molecule has 1 aromatic heterocycles. The van der Waals surface area contributed by atoms with Gasteiger partial charge in [-0.25, -0.2) is 9.78 Å². The molecular formula is C32H33Br2N3O6. The van der Waals surface area contributed by atoms with E-state index in [1.165, 1.54) is 11.8 Å². The summed E-state index contributed by atoms with van der Waals surface area (Å²) in [5, 5.41) is 5.08. The molecule has 4 rings (SSSR count). The van der Waals surface area contributed by atoms with Crippen LogP contribution in [0.2, 0.25) is 0 Å². The molecule has 0 fully saturated rings. The van der Waals surface area contributed by atoms with E-state index in [1.807, 2.05) is 31.2 Å². The topological polar surface area (TPSA) is 101 Å². The van der Waals surface area contributed by atoms with Crippen molar-refractivity contribution in [2.24, 2.45) is 5.10 Å². The zero-order valence-corrected chi connectivity index (χ0v) is 28.2. The smallest absolute Gasteiger partial charge is 0.347 e. The van der Waals surface area contributed by atoms with Crippen molar-refractivity contribution in [3.05, 3.63) is 78.5 Å². The highest BCUT2D eigenvalue weighted by Crippen LogP contribution is 2.43. The Hall–Kier alpha value is -3.70. The number of aryl methyl sites for hydroxylation is 1. The summed E-state index contributed by atoms with van der Waals surface area (Å²) in [7, 11) is 3.14. The number of halogens is 2. The van der Waals surface area contributed by atoms with E-state index in [2.05, 4.69) is 50.8 Å². The zero-order valence-electron chi connectivity index (χ0n) is 25.0. The van der Waals surface area contributed by atoms with Gasteiger partial charge < -0.3 is 18.9 Å². The van der Waals surface area contributed by atoms with Crippen LogP contribution < -0.4 is 19.8 Å². The number of para-hydroxylation sites is 1. The Morgan fingerprint density at radius 1 is 1.05 bits per heavy atom. The number of benzene rings is 3. The van der Waals surface area contributed by atoms with Gasteiger partial charge in [-0.05, 0) is 100 Å². The van der Waals surface area contributed by atoms with Crippen LogP contribution in [-0.4, -0.2) is 48.8 Å². The number of nitrogens with zero attached hydrogens (tertiary/aromatic N) is 3. The number of rotatable bonds is 10. The van der Waals surface area contributed by atoms with Gasteiger partial charge in [0.05, 0.1) is 42.4 Å². The SMILES string of the molecule is CCOC(=O)[C@@H](C)Oc1c(OC)cc(C=Nn2c(-c3cc(C(C)C)c(OC)cc3C)nc3ccccc3c2=O)c(Br)c1Br. The molecule has 9 nitrogen and oxygen atoms in total. The Kier molecular flexibility index (Phi) is 10.3. The van der Waals surface area contributed by atoms with Crippen LogP contribution in [0.5, 0.6) is 17.2 Å². The molecule has 0 saturated carbocycles. The Balaban J connectivity index is 1.89. The summed E-state index contributed by atoms with van der Waals surface area (Å²) in [5.41, 5.74) is 3.47. The number of esters is 1. The van der Waals surface area contributed by atoms with Gasteiger partial charge in [-0.1, -0.05) is 26.0 Å². The monoisotopic (exact) mass is 713 g/mol. The molecule has 226 valence electrons. The van der Waals surface area contributed by atoms with E-state index in [0.29, 0.717) is 42.7 Å². The lowest BCUT2D eigenvalue weighted by Gasteiger charge is -2.19. The largest absolute Gasteiger partial charge is 0.496 e. The first-order valence-electron chi connectivity index (χ1n) is 13.7. The van der Waals surface area contributed by atoms with Crippen LogP contribution in [0.4, 0.5) is 0 Å². The molecule has 1 atom stereocenters. The maximum atomic E-state index is 13.8. The van der Waals surface area contributed by atoms with Crippen LogP contribution in [0.25, 0.3) is 22.3 Å². The van der Waals surface area contributed by atoms with Crippen molar-refractivity contribution in [1.82, 2.24) is 9.66 Å². The van der Waals surface area contributed by atoms with Crippen LogP contribution in [-0.2, 0) is 9.53 Å². The lowest BCUT2D eigenvalue weighted by Crippen LogP contribution is -2.26. The quantitative estimate of drug-likeness (QED) is 0.126. The maximum Gasteiger partial charge on any atom is 0.347 e. The molecule has 0 aliphatic heterocycles. The molecule has 0 spiro atoms. The Morgan fingerprint density at radius 2 is 1.74 bits per heavy atom. The summed E-state index contributed by atoms with van der Waals surface area (Å²) in [6.07, 6.45) is 0.671. The highest BCUT2D eigenvalue weighted by Gasteiger charge is 2.23. The lowest BCUT2D eigenvalue weighted by molar-refractivity contribution is -0.150. The van der Waals surface area contributed by atoms with Crippen molar-refractivity contribution in [3.8, 4) is 28.6 Å². The van der Waals surface area contributed by atoms with E-state index in [9.17, 15) is 9.59 Å². The Labute approximate surface area is 267 Å². The minimum atomic E-state index is -0.871. The number of hydrogen-bond acceptors (Lipinski definition) is 8. The number of carbonyl (C=O) groups is 1. The molecule has 0 amide bonds. The predicted molar refractivity (Wildman–Crippen MR) is 175 cm³/mol. The predicted octanol–water partition coefficient (Wildman–Crippen LogP) is 7.25. The fourth-order valence-electron chi connectivity index (χ4n) is 4.54. The second kappa shape index (κ2) is 13.7. The van der Waals surface area contributed by atoms with E-state index >= 15 is 0 Å². The molecule has 0 bridgehead atoms. The molecule has 4 aromatic rings. The molecule has 0 radical (unpaired) electrons. The summed E-state index contributed by atoms with van der Waals surface area (Å²) in [6, 6.07) is 12.8. The van der Waals surface area contributed by atoms with Crippen molar-refractivity contribution in [3.63, 3.8) is 0 Å². The summed E-state index contributed by atoms with van der Waals surface area (Å²) >= 11 is 7.14. The van der Waals surface area contributed by atoms with Gasteiger partial charge in [-0.3, -0.25) is 4.79 Å². The van der Waals surface area contributed by atoms with Gasteiger partial charge in [0.15, 0.2) is 23.4 Å². The van der Waals surface area contributed by atoms with Gasteiger partial charge in [-0.2, -0.15) is 9.78 Å². The number of aromatic nitrogens is 2. The van der Waals surface area contributed by atoms with Crippen molar-refractivity contribution in [2.75, 3.05) is 20.8 Å². The number of hydrogen-bond donors (Lipinski definition) is 0. The average molecular weight is 715 g/mol. The van der Waals surface area contributed by atoms with Crippen molar-refractivity contribution in [2.45, 2.75) is 46.6 Å². The summed E-state index contributed by atoms with van der Waals surface area (Å²) in [6.45, 7) is 9.68. The third-order valence-corrected chi connectivity index (χ3v) is 8.94. The van der Waals surface area contributed by atoms with Crippen molar-refractivity contribution >= 4 is 54.9 Å². The first kappa shape index (κ1) is 32.2. The van der Waals surface area contributed by atoms with E-state index in [1.54, 1.807) is 45.4 Å². The van der Waals surface area contributed by atoms with Crippen LogP contribution in [0.3, 0.4) is 0 Å². The molecule has 0 saturated heterocycles. The molecule has 0 aliphatic rings. The molecule has 1 heterocycles. The van der Waals surface area contributed by atoms with Crippen LogP contribution in [0.1, 0.15) is 50.3 Å². The second-order valence-corrected chi connectivity index (χ2v) is 11.6. The van der Waals surface area contributed by atoms with E-state index in [0.717, 1.165) is 22.4 Å². The molecule has 11 heteroatoms. The van der Waals surface area contributed by atoms with Gasteiger partial charge in [-0.15, -0.1) is 0 Å². The Bertz CT molecular complexity index is 1770. The summed E-state index contributed by atoms with van der Waals surface area (Å²) < 4.78 is 24.6. The van der Waals surface area contributed by atoms with Crippen LogP contribution >= 0.6 is 31.9 Å². The van der Waals surface area contributed by atoms with Crippen molar-refractivity contribution < 1.29 is 23.7 Å². The van der Waals surface area contributed by atoms with Gasteiger partial charge in [0, 0.05) is 15.6 Å². The lowest BCUT2D eigenvalue weighted by atomic mass is 9.96. The van der Waals surface area contributed by atoms with Crippen LogP contribution in [0.15, 0.2) is 61.3 Å². The third-order valence-electron chi connectivity index (χ3n) is 6.79. The molecular weight excluding hydrogens is 682 g/mol. The number of fused-ring (bicyclic) bond motifs is 1. The third kappa shape index (κ3) is 6.62. The first-order valence-corrected chi connectivity index (χ1v) is 15.2. The molecule has 0 N–H and O–H groups in total. The van der Waals surface area contributed by atoms with Gasteiger partial charge in [0.2, 0.25) is 0 Å². The van der Waals surface area contributed by atoms with Gasteiger partial charge in [0.1, 0.15) is 5.75 Å². The number of ether oxygens (including phenoxy) is 4. The molecule has 0 aliphatic carbocycles. The minimum Gasteiger partial charge on any atom is -0.496 e. The van der Waals surface area contributed by atoms with Gasteiger partial charge >= 0.3 is 5.97 Å². The number of carbonyl (C=O) groups excluding carboxylic acids is 1. The van der Waals surface area contributed by atoms with Crippen molar-refractivity contribution in [1.29, 1.82) is 0 Å². The normalized spacial score (nSPS) is 12.1. The first-order chi connectivity index (χ1) is 20.5. The van der Waals surface area contributed by atoms with E-state index < -0.39 is 12.1 Å². The van der Waals surface area contributed by atoms with E-state index in [4.69, 9.17) is 23.9 Å². The summed E-state index contributed by atoms with van der Waals surface area (Å²) in [4.78, 5) is 30.9.